The molecule has 0 amide bonds. The van der Waals surface area contributed by atoms with Crippen molar-refractivity contribution in [2.75, 3.05) is 6.61 Å². The first kappa shape index (κ1) is 17.9. The Labute approximate surface area is 108 Å². The molecular formula is C9H14F3NO5S. The minimum Gasteiger partial charge on any atom is -0.461 e. The van der Waals surface area contributed by atoms with Crippen LogP contribution in [0.5, 0.6) is 0 Å². The van der Waals surface area contributed by atoms with Crippen molar-refractivity contribution in [3.8, 4) is 0 Å². The summed E-state index contributed by atoms with van der Waals surface area (Å²) >= 11 is 0. The lowest BCUT2D eigenvalue weighted by Crippen LogP contribution is -2.50. The highest BCUT2D eigenvalue weighted by Crippen LogP contribution is 2.28. The second-order valence-corrected chi connectivity index (χ2v) is 4.97. The van der Waals surface area contributed by atoms with Crippen molar-refractivity contribution in [2.24, 2.45) is 0 Å². The van der Waals surface area contributed by atoms with E-state index >= 15 is 0 Å². The van der Waals surface area contributed by atoms with E-state index in [0.717, 1.165) is 0 Å². The zero-order valence-electron chi connectivity index (χ0n) is 10.3. The predicted octanol–water partition coefficient (Wildman–Crippen LogP) is 1.51. The molecule has 1 unspecified atom stereocenters. The van der Waals surface area contributed by atoms with Crippen LogP contribution in [0.2, 0.25) is 0 Å². The van der Waals surface area contributed by atoms with E-state index in [9.17, 15) is 26.4 Å². The van der Waals surface area contributed by atoms with Crippen molar-refractivity contribution in [3.05, 3.63) is 12.2 Å². The van der Waals surface area contributed by atoms with Gasteiger partial charge < -0.3 is 4.74 Å². The molecule has 0 aliphatic carbocycles. The third kappa shape index (κ3) is 5.57. The van der Waals surface area contributed by atoms with Crippen molar-refractivity contribution in [1.82, 2.24) is 4.31 Å². The molecule has 6 nitrogen and oxygen atoms in total. The molecule has 0 spiro atoms. The van der Waals surface area contributed by atoms with Crippen LogP contribution in [0.1, 0.15) is 20.3 Å². The summed E-state index contributed by atoms with van der Waals surface area (Å²) in [6.07, 6.45) is -5.63. The van der Waals surface area contributed by atoms with Gasteiger partial charge in [-0.15, -0.1) is 0 Å². The van der Waals surface area contributed by atoms with Gasteiger partial charge in [-0.05, 0) is 13.3 Å². The summed E-state index contributed by atoms with van der Waals surface area (Å²) in [7, 11) is -5.51. The number of hydrogen-bond acceptors (Lipinski definition) is 4. The van der Waals surface area contributed by atoms with Crippen LogP contribution in [0.15, 0.2) is 12.2 Å². The van der Waals surface area contributed by atoms with E-state index in [4.69, 9.17) is 4.55 Å². The molecule has 0 aromatic heterocycles. The van der Waals surface area contributed by atoms with Crippen LogP contribution < -0.4 is 0 Å². The van der Waals surface area contributed by atoms with Crippen LogP contribution in [0.25, 0.3) is 0 Å². The molecule has 1 N–H and O–H groups in total. The van der Waals surface area contributed by atoms with E-state index in [-0.39, 0.29) is 12.0 Å². The predicted molar refractivity (Wildman–Crippen MR) is 59.3 cm³/mol. The molecular weight excluding hydrogens is 291 g/mol. The molecule has 112 valence electrons. The maximum atomic E-state index is 12.6. The second kappa shape index (κ2) is 6.35. The number of carbonyl (C=O) groups is 1. The molecule has 0 fully saturated rings. The minimum atomic E-state index is -5.51. The number of halogens is 3. The van der Waals surface area contributed by atoms with Gasteiger partial charge in [0.15, 0.2) is 0 Å². The van der Waals surface area contributed by atoms with Crippen LogP contribution in [0.3, 0.4) is 0 Å². The monoisotopic (exact) mass is 305 g/mol. The lowest BCUT2D eigenvalue weighted by atomic mass is 10.2. The number of alkyl halides is 3. The van der Waals surface area contributed by atoms with Gasteiger partial charge in [0.1, 0.15) is 6.61 Å². The molecule has 0 saturated heterocycles. The normalized spacial score (nSPS) is 14.3. The van der Waals surface area contributed by atoms with Crippen molar-refractivity contribution in [1.29, 1.82) is 0 Å². The van der Waals surface area contributed by atoms with Crippen LogP contribution in [0, 0.1) is 0 Å². The Kier molecular flexibility index (Phi) is 5.97. The van der Waals surface area contributed by atoms with Crippen molar-refractivity contribution >= 4 is 16.3 Å². The molecule has 19 heavy (non-hydrogen) atoms. The van der Waals surface area contributed by atoms with Gasteiger partial charge >= 0.3 is 22.6 Å². The Morgan fingerprint density at radius 3 is 2.21 bits per heavy atom. The van der Waals surface area contributed by atoms with Crippen molar-refractivity contribution in [3.63, 3.8) is 0 Å². The van der Waals surface area contributed by atoms with E-state index in [1.54, 1.807) is 0 Å². The Hall–Kier alpha value is -1.13. The van der Waals surface area contributed by atoms with E-state index in [2.05, 4.69) is 11.3 Å². The number of ether oxygens (including phenoxy) is 1. The molecule has 0 rings (SSSR count). The molecule has 0 aromatic rings. The van der Waals surface area contributed by atoms with Crippen LogP contribution in [-0.4, -0.2) is 42.2 Å². The Bertz CT molecular complexity index is 445. The summed E-state index contributed by atoms with van der Waals surface area (Å²) in [5.41, 5.74) is -0.0414. The summed E-state index contributed by atoms with van der Waals surface area (Å²) in [5, 5.41) is 0. The summed E-state index contributed by atoms with van der Waals surface area (Å²) in [6, 6.07) is -1.75. The Morgan fingerprint density at radius 1 is 1.47 bits per heavy atom. The number of rotatable bonds is 6. The largest absolute Gasteiger partial charge is 0.475 e. The van der Waals surface area contributed by atoms with Gasteiger partial charge in [-0.25, -0.2) is 4.79 Å². The average molecular weight is 305 g/mol. The highest BCUT2D eigenvalue weighted by molar-refractivity contribution is 7.83. The number of hydrogen-bond donors (Lipinski definition) is 1. The van der Waals surface area contributed by atoms with E-state index in [1.807, 2.05) is 0 Å². The lowest BCUT2D eigenvalue weighted by Gasteiger charge is -2.28. The van der Waals surface area contributed by atoms with Gasteiger partial charge in [-0.3, -0.25) is 4.55 Å². The van der Waals surface area contributed by atoms with Crippen LogP contribution >= 0.6 is 0 Å². The molecule has 0 bridgehead atoms. The quantitative estimate of drug-likeness (QED) is 0.348. The van der Waals surface area contributed by atoms with Crippen molar-refractivity contribution < 1.29 is 35.7 Å². The fraction of sp³-hybridized carbons (Fsp3) is 0.667. The first-order valence-electron chi connectivity index (χ1n) is 5.07. The lowest BCUT2D eigenvalue weighted by molar-refractivity contribution is -0.227. The molecule has 0 aliphatic heterocycles. The highest BCUT2D eigenvalue weighted by atomic mass is 32.2. The maximum Gasteiger partial charge on any atom is 0.475 e. The van der Waals surface area contributed by atoms with E-state index in [1.165, 1.54) is 13.8 Å². The van der Waals surface area contributed by atoms with E-state index in [0.29, 0.717) is 0 Å². The van der Waals surface area contributed by atoms with Crippen LogP contribution in [-0.2, 0) is 19.8 Å². The molecule has 1 atom stereocenters. The molecule has 0 saturated carbocycles. The summed E-state index contributed by atoms with van der Waals surface area (Å²) in [6.45, 7) is 4.92. The number of nitrogens with zero attached hydrogens (tertiary/aromatic N) is 1. The minimum absolute atomic E-state index is 0.0414. The van der Waals surface area contributed by atoms with Gasteiger partial charge in [0.25, 0.3) is 0 Å². The molecule has 10 heteroatoms. The molecule has 0 aliphatic rings. The zero-order chi connectivity index (χ0) is 15.4. The van der Waals surface area contributed by atoms with Crippen molar-refractivity contribution in [2.45, 2.75) is 32.6 Å². The Balaban J connectivity index is 5.09. The fourth-order valence-electron chi connectivity index (χ4n) is 1.17. The first-order valence-corrected chi connectivity index (χ1v) is 6.47. The topological polar surface area (TPSA) is 83.9 Å². The number of esters is 1. The fourth-order valence-corrected chi connectivity index (χ4v) is 2.02. The second-order valence-electron chi connectivity index (χ2n) is 3.68. The smallest absolute Gasteiger partial charge is 0.461 e. The molecule has 0 heterocycles. The Morgan fingerprint density at radius 2 is 1.95 bits per heavy atom. The van der Waals surface area contributed by atoms with Gasteiger partial charge in [0, 0.05) is 5.57 Å². The third-order valence-electron chi connectivity index (χ3n) is 2.06. The van der Waals surface area contributed by atoms with E-state index < -0.39 is 39.5 Å². The summed E-state index contributed by atoms with van der Waals surface area (Å²) < 4.78 is 71.2. The van der Waals surface area contributed by atoms with Gasteiger partial charge in [0.2, 0.25) is 0 Å². The third-order valence-corrected chi connectivity index (χ3v) is 3.06. The molecule has 0 radical (unpaired) electrons. The molecule has 0 aromatic carbocycles. The maximum absolute atomic E-state index is 12.6. The number of carbonyl (C=O) groups excluding carboxylic acids is 1. The SMILES string of the molecule is C=C(C)C(=O)OCC(CC)N(C(F)(F)F)S(=O)(=O)O. The standard InChI is InChI=1S/C9H14F3NO5S/c1-4-7(5-18-8(14)6(2)3)13(9(10,11)12)19(15,16)17/h7H,2,4-5H2,1,3H3,(H,15,16,17). The highest BCUT2D eigenvalue weighted by Gasteiger charge is 2.49. The first-order chi connectivity index (χ1) is 8.41. The van der Waals surface area contributed by atoms with Gasteiger partial charge in [-0.2, -0.15) is 21.6 Å². The average Bonchev–Trinajstić information content (AvgIpc) is 2.19. The van der Waals surface area contributed by atoms with Gasteiger partial charge in [-0.1, -0.05) is 17.8 Å². The zero-order valence-corrected chi connectivity index (χ0v) is 11.1. The summed E-state index contributed by atoms with van der Waals surface area (Å²) in [5.74, 6) is -0.948. The summed E-state index contributed by atoms with van der Waals surface area (Å²) in [4.78, 5) is 11.1. The van der Waals surface area contributed by atoms with Crippen LogP contribution in [0.4, 0.5) is 13.2 Å². The van der Waals surface area contributed by atoms with Gasteiger partial charge in [0.05, 0.1) is 6.04 Å².